The van der Waals surface area contributed by atoms with Gasteiger partial charge < -0.3 is 15.5 Å². The van der Waals surface area contributed by atoms with E-state index in [4.69, 9.17) is 0 Å². The largest absolute Gasteiger partial charge is 0.356 e. The summed E-state index contributed by atoms with van der Waals surface area (Å²) in [6.45, 7) is 4.22. The third-order valence-corrected chi connectivity index (χ3v) is 3.97. The van der Waals surface area contributed by atoms with Gasteiger partial charge in [-0.15, -0.1) is 0 Å². The minimum atomic E-state index is -0.0555. The van der Waals surface area contributed by atoms with E-state index in [0.717, 1.165) is 31.5 Å². The molecule has 0 bridgehead atoms. The molecule has 22 heavy (non-hydrogen) atoms. The number of nitrogens with one attached hydrogen (secondary N) is 2. The number of likely N-dealkylation sites (tertiary alicyclic amines) is 1. The zero-order valence-electron chi connectivity index (χ0n) is 13.2. The molecular formula is C17H25N3O2. The molecule has 0 aliphatic carbocycles. The van der Waals surface area contributed by atoms with Gasteiger partial charge >= 0.3 is 6.03 Å². The van der Waals surface area contributed by atoms with Gasteiger partial charge in [-0.2, -0.15) is 0 Å². The number of hydrogen-bond acceptors (Lipinski definition) is 2. The van der Waals surface area contributed by atoms with Crippen LogP contribution in [0.1, 0.15) is 32.6 Å². The third kappa shape index (κ3) is 5.06. The molecular weight excluding hydrogens is 278 g/mol. The second kappa shape index (κ2) is 8.41. The summed E-state index contributed by atoms with van der Waals surface area (Å²) in [6, 6.07) is 9.42. The first-order chi connectivity index (χ1) is 10.7. The number of rotatable bonds is 5. The fourth-order valence-corrected chi connectivity index (χ4v) is 2.66. The average molecular weight is 303 g/mol. The van der Waals surface area contributed by atoms with Crippen LogP contribution in [0.25, 0.3) is 0 Å². The highest BCUT2D eigenvalue weighted by Crippen LogP contribution is 2.21. The molecule has 2 N–H and O–H groups in total. The lowest BCUT2D eigenvalue weighted by atomic mass is 9.93. The quantitative estimate of drug-likeness (QED) is 0.878. The molecule has 1 aliphatic rings. The van der Waals surface area contributed by atoms with Crippen molar-refractivity contribution in [3.05, 3.63) is 30.3 Å². The molecule has 1 aliphatic heterocycles. The van der Waals surface area contributed by atoms with Crippen molar-refractivity contribution in [2.75, 3.05) is 25.0 Å². The number of carbonyl (C=O) groups excluding carboxylic acids is 2. The Bertz CT molecular complexity index is 482. The number of nitrogens with zero attached hydrogens (tertiary/aromatic N) is 1. The van der Waals surface area contributed by atoms with Crippen LogP contribution < -0.4 is 10.6 Å². The summed E-state index contributed by atoms with van der Waals surface area (Å²) < 4.78 is 0. The average Bonchev–Trinajstić information content (AvgIpc) is 2.54. The van der Waals surface area contributed by atoms with Crippen molar-refractivity contribution in [3.63, 3.8) is 0 Å². The van der Waals surface area contributed by atoms with E-state index < -0.39 is 0 Å². The molecule has 1 saturated heterocycles. The first kappa shape index (κ1) is 16.3. The molecule has 5 nitrogen and oxygen atoms in total. The standard InChI is InChI=1S/C17H25N3O2/c1-2-10-18-16(21)13-14-8-11-20(12-9-14)17(22)19-15-6-4-3-5-7-15/h3-7,14H,2,8-13H2,1H3,(H,18,21)(H,19,22). The van der Waals surface area contributed by atoms with Gasteiger partial charge in [0.15, 0.2) is 0 Å². The van der Waals surface area contributed by atoms with Crippen molar-refractivity contribution in [1.82, 2.24) is 10.2 Å². The highest BCUT2D eigenvalue weighted by Gasteiger charge is 2.24. The molecule has 0 aromatic heterocycles. The third-order valence-electron chi connectivity index (χ3n) is 3.97. The summed E-state index contributed by atoms with van der Waals surface area (Å²) in [5, 5.41) is 5.82. The lowest BCUT2D eigenvalue weighted by Crippen LogP contribution is -2.41. The maximum atomic E-state index is 12.2. The second-order valence-corrected chi connectivity index (χ2v) is 5.78. The van der Waals surface area contributed by atoms with Crippen LogP contribution in [0.15, 0.2) is 30.3 Å². The Balaban J connectivity index is 1.72. The number of amides is 3. The van der Waals surface area contributed by atoms with Gasteiger partial charge in [0.05, 0.1) is 0 Å². The molecule has 1 fully saturated rings. The lowest BCUT2D eigenvalue weighted by Gasteiger charge is -2.31. The van der Waals surface area contributed by atoms with E-state index in [9.17, 15) is 9.59 Å². The van der Waals surface area contributed by atoms with Gasteiger partial charge in [0.25, 0.3) is 0 Å². The number of benzene rings is 1. The fraction of sp³-hybridized carbons (Fsp3) is 0.529. The van der Waals surface area contributed by atoms with Crippen LogP contribution in [0.2, 0.25) is 0 Å². The van der Waals surface area contributed by atoms with E-state index >= 15 is 0 Å². The summed E-state index contributed by atoms with van der Waals surface area (Å²) in [5.41, 5.74) is 0.813. The highest BCUT2D eigenvalue weighted by atomic mass is 16.2. The summed E-state index contributed by atoms with van der Waals surface area (Å²) in [7, 11) is 0. The van der Waals surface area contributed by atoms with Gasteiger partial charge in [0.2, 0.25) is 5.91 Å². The molecule has 1 aromatic carbocycles. The van der Waals surface area contributed by atoms with Crippen LogP contribution >= 0.6 is 0 Å². The SMILES string of the molecule is CCCNC(=O)CC1CCN(C(=O)Nc2ccccc2)CC1. The van der Waals surface area contributed by atoms with E-state index in [1.54, 1.807) is 0 Å². The molecule has 3 amide bonds. The van der Waals surface area contributed by atoms with Gasteiger partial charge in [-0.3, -0.25) is 4.79 Å². The van der Waals surface area contributed by atoms with E-state index in [2.05, 4.69) is 10.6 Å². The van der Waals surface area contributed by atoms with E-state index in [-0.39, 0.29) is 11.9 Å². The fourth-order valence-electron chi connectivity index (χ4n) is 2.66. The van der Waals surface area contributed by atoms with E-state index in [1.807, 2.05) is 42.2 Å². The number of para-hydroxylation sites is 1. The monoisotopic (exact) mass is 303 g/mol. The van der Waals surface area contributed by atoms with E-state index in [0.29, 0.717) is 25.4 Å². The lowest BCUT2D eigenvalue weighted by molar-refractivity contribution is -0.122. The summed E-state index contributed by atoms with van der Waals surface area (Å²) in [6.07, 6.45) is 3.32. The Kier molecular flexibility index (Phi) is 6.25. The smallest absolute Gasteiger partial charge is 0.321 e. The minimum Gasteiger partial charge on any atom is -0.356 e. The summed E-state index contributed by atoms with van der Waals surface area (Å²) in [4.78, 5) is 25.7. The second-order valence-electron chi connectivity index (χ2n) is 5.78. The molecule has 1 aromatic rings. The Morgan fingerprint density at radius 3 is 2.50 bits per heavy atom. The Morgan fingerprint density at radius 2 is 1.86 bits per heavy atom. The Hall–Kier alpha value is -2.04. The number of piperidine rings is 1. The Labute approximate surface area is 132 Å². The molecule has 5 heteroatoms. The van der Waals surface area contributed by atoms with Gasteiger partial charge in [0.1, 0.15) is 0 Å². The van der Waals surface area contributed by atoms with Crippen molar-refractivity contribution in [2.45, 2.75) is 32.6 Å². The molecule has 2 rings (SSSR count). The highest BCUT2D eigenvalue weighted by molar-refractivity contribution is 5.89. The van der Waals surface area contributed by atoms with Crippen LogP contribution in [-0.4, -0.2) is 36.5 Å². The van der Waals surface area contributed by atoms with Crippen LogP contribution in [0.3, 0.4) is 0 Å². The van der Waals surface area contributed by atoms with Crippen molar-refractivity contribution in [1.29, 1.82) is 0 Å². The van der Waals surface area contributed by atoms with Crippen molar-refractivity contribution in [3.8, 4) is 0 Å². The number of urea groups is 1. The first-order valence-corrected chi connectivity index (χ1v) is 8.06. The molecule has 1 heterocycles. The number of anilines is 1. The minimum absolute atomic E-state index is 0.0555. The van der Waals surface area contributed by atoms with Gasteiger partial charge in [-0.25, -0.2) is 4.79 Å². The zero-order valence-corrected chi connectivity index (χ0v) is 13.2. The van der Waals surface area contributed by atoms with Gasteiger partial charge in [0, 0.05) is 31.7 Å². The molecule has 0 atom stereocenters. The molecule has 0 spiro atoms. The molecule has 120 valence electrons. The maximum absolute atomic E-state index is 12.2. The van der Waals surface area contributed by atoms with Crippen molar-refractivity contribution in [2.24, 2.45) is 5.92 Å². The number of carbonyl (C=O) groups is 2. The zero-order chi connectivity index (χ0) is 15.8. The van der Waals surface area contributed by atoms with E-state index in [1.165, 1.54) is 0 Å². The van der Waals surface area contributed by atoms with Crippen LogP contribution in [0.4, 0.5) is 10.5 Å². The predicted octanol–water partition coefficient (Wildman–Crippen LogP) is 2.85. The normalized spacial score (nSPS) is 15.4. The molecule has 0 saturated carbocycles. The summed E-state index contributed by atoms with van der Waals surface area (Å²) >= 11 is 0. The van der Waals surface area contributed by atoms with Crippen LogP contribution in [-0.2, 0) is 4.79 Å². The van der Waals surface area contributed by atoms with Crippen LogP contribution in [0, 0.1) is 5.92 Å². The first-order valence-electron chi connectivity index (χ1n) is 8.06. The molecule has 0 radical (unpaired) electrons. The summed E-state index contributed by atoms with van der Waals surface area (Å²) in [5.74, 6) is 0.520. The van der Waals surface area contributed by atoms with Gasteiger partial charge in [-0.1, -0.05) is 25.1 Å². The van der Waals surface area contributed by atoms with Gasteiger partial charge in [-0.05, 0) is 37.3 Å². The predicted molar refractivity (Wildman–Crippen MR) is 87.7 cm³/mol. The number of hydrogen-bond donors (Lipinski definition) is 2. The maximum Gasteiger partial charge on any atom is 0.321 e. The molecule has 0 unspecified atom stereocenters. The van der Waals surface area contributed by atoms with Crippen molar-refractivity contribution >= 4 is 17.6 Å². The Morgan fingerprint density at radius 1 is 1.18 bits per heavy atom. The van der Waals surface area contributed by atoms with Crippen molar-refractivity contribution < 1.29 is 9.59 Å². The van der Waals surface area contributed by atoms with Crippen LogP contribution in [0.5, 0.6) is 0 Å². The topological polar surface area (TPSA) is 61.4 Å².